The highest BCUT2D eigenvalue weighted by Gasteiger charge is 2.26. The molecule has 0 unspecified atom stereocenters. The van der Waals surface area contributed by atoms with E-state index in [1.54, 1.807) is 26.2 Å². The van der Waals surface area contributed by atoms with Gasteiger partial charge in [0.15, 0.2) is 0 Å². The number of rotatable bonds is 4. The van der Waals surface area contributed by atoms with Crippen LogP contribution in [0.5, 0.6) is 0 Å². The number of nitrogens with zero attached hydrogens (tertiary/aromatic N) is 2. The third-order valence-corrected chi connectivity index (χ3v) is 2.27. The zero-order valence-electron chi connectivity index (χ0n) is 9.53. The second kappa shape index (κ2) is 5.26. The topological polar surface area (TPSA) is 65.8 Å². The van der Waals surface area contributed by atoms with E-state index in [9.17, 15) is 4.79 Å². The SMILES string of the molecule is CC(C)(C#N)C(=O)NCCc1cccnc1. The van der Waals surface area contributed by atoms with Crippen molar-refractivity contribution in [3.8, 4) is 6.07 Å². The Morgan fingerprint density at radius 2 is 2.38 bits per heavy atom. The number of carbonyl (C=O) groups excluding carboxylic acids is 1. The van der Waals surface area contributed by atoms with E-state index in [2.05, 4.69) is 10.3 Å². The molecule has 0 bridgehead atoms. The zero-order chi connectivity index (χ0) is 12.0. The highest BCUT2D eigenvalue weighted by atomic mass is 16.2. The van der Waals surface area contributed by atoms with Crippen molar-refractivity contribution >= 4 is 5.91 Å². The summed E-state index contributed by atoms with van der Waals surface area (Å²) in [5.74, 6) is -0.237. The van der Waals surface area contributed by atoms with Gasteiger partial charge in [-0.3, -0.25) is 9.78 Å². The first kappa shape index (κ1) is 12.2. The van der Waals surface area contributed by atoms with Gasteiger partial charge in [-0.15, -0.1) is 0 Å². The lowest BCUT2D eigenvalue weighted by Gasteiger charge is -2.14. The van der Waals surface area contributed by atoms with Gasteiger partial charge in [0.25, 0.3) is 0 Å². The average Bonchev–Trinajstić information content (AvgIpc) is 2.30. The van der Waals surface area contributed by atoms with Crippen LogP contribution >= 0.6 is 0 Å². The van der Waals surface area contributed by atoms with Crippen LogP contribution in [0.15, 0.2) is 24.5 Å². The Morgan fingerprint density at radius 3 is 2.94 bits per heavy atom. The van der Waals surface area contributed by atoms with E-state index >= 15 is 0 Å². The van der Waals surface area contributed by atoms with Crippen LogP contribution in [0.1, 0.15) is 19.4 Å². The molecule has 0 aliphatic heterocycles. The standard InChI is InChI=1S/C12H15N3O/c1-12(2,9-13)11(16)15-7-5-10-4-3-6-14-8-10/h3-4,6,8H,5,7H2,1-2H3,(H,15,16). The molecular weight excluding hydrogens is 202 g/mol. The monoisotopic (exact) mass is 217 g/mol. The molecule has 1 rings (SSSR count). The molecular formula is C12H15N3O. The van der Waals surface area contributed by atoms with Gasteiger partial charge < -0.3 is 5.32 Å². The lowest BCUT2D eigenvalue weighted by molar-refractivity contribution is -0.126. The number of nitriles is 1. The Kier molecular flexibility index (Phi) is 4.01. The van der Waals surface area contributed by atoms with Crippen LogP contribution < -0.4 is 5.32 Å². The molecule has 0 aliphatic carbocycles. The molecule has 0 spiro atoms. The summed E-state index contributed by atoms with van der Waals surface area (Å²) in [5.41, 5.74) is 0.104. The van der Waals surface area contributed by atoms with Gasteiger partial charge in [-0.1, -0.05) is 6.07 Å². The Morgan fingerprint density at radius 1 is 1.62 bits per heavy atom. The molecule has 1 aromatic heterocycles. The van der Waals surface area contributed by atoms with Gasteiger partial charge in [-0.25, -0.2) is 0 Å². The lowest BCUT2D eigenvalue weighted by Crippen LogP contribution is -2.36. The molecule has 0 aliphatic rings. The summed E-state index contributed by atoms with van der Waals surface area (Å²) in [6.07, 6.45) is 4.20. The quantitative estimate of drug-likeness (QED) is 0.826. The summed E-state index contributed by atoms with van der Waals surface area (Å²) in [5, 5.41) is 11.5. The fourth-order valence-electron chi connectivity index (χ4n) is 1.14. The molecule has 0 atom stereocenters. The molecule has 4 nitrogen and oxygen atoms in total. The van der Waals surface area contributed by atoms with E-state index in [4.69, 9.17) is 5.26 Å². The maximum Gasteiger partial charge on any atom is 0.239 e. The Balaban J connectivity index is 2.38. The first-order valence-electron chi connectivity index (χ1n) is 5.15. The predicted octanol–water partition coefficient (Wildman–Crippen LogP) is 1.29. The van der Waals surface area contributed by atoms with Crippen LogP contribution in [0, 0.1) is 16.7 Å². The van der Waals surface area contributed by atoms with Gasteiger partial charge in [0.1, 0.15) is 5.41 Å². The number of carbonyl (C=O) groups is 1. The van der Waals surface area contributed by atoms with E-state index in [-0.39, 0.29) is 5.91 Å². The average molecular weight is 217 g/mol. The second-order valence-corrected chi connectivity index (χ2v) is 4.10. The predicted molar refractivity (Wildman–Crippen MR) is 60.3 cm³/mol. The third-order valence-electron chi connectivity index (χ3n) is 2.27. The molecule has 0 radical (unpaired) electrons. The number of hydrogen-bond donors (Lipinski definition) is 1. The highest BCUT2D eigenvalue weighted by Crippen LogP contribution is 2.12. The van der Waals surface area contributed by atoms with Crippen LogP contribution in [-0.2, 0) is 11.2 Å². The van der Waals surface area contributed by atoms with Crippen LogP contribution in [0.4, 0.5) is 0 Å². The summed E-state index contributed by atoms with van der Waals surface area (Å²) < 4.78 is 0. The molecule has 1 aromatic rings. The van der Waals surface area contributed by atoms with E-state index < -0.39 is 5.41 Å². The molecule has 4 heteroatoms. The first-order chi connectivity index (χ1) is 7.56. The Bertz CT molecular complexity index is 392. The van der Waals surface area contributed by atoms with Gasteiger partial charge in [0.2, 0.25) is 5.91 Å². The van der Waals surface area contributed by atoms with Crippen LogP contribution in [0.2, 0.25) is 0 Å². The number of aromatic nitrogens is 1. The van der Waals surface area contributed by atoms with Gasteiger partial charge in [0, 0.05) is 18.9 Å². The molecule has 1 heterocycles. The third kappa shape index (κ3) is 3.35. The minimum atomic E-state index is -0.963. The van der Waals surface area contributed by atoms with Crippen molar-refractivity contribution in [2.45, 2.75) is 20.3 Å². The summed E-state index contributed by atoms with van der Waals surface area (Å²) in [4.78, 5) is 15.5. The highest BCUT2D eigenvalue weighted by molar-refractivity contribution is 5.84. The maximum atomic E-state index is 11.5. The molecule has 84 valence electrons. The lowest BCUT2D eigenvalue weighted by atomic mass is 9.95. The number of amides is 1. The zero-order valence-corrected chi connectivity index (χ0v) is 9.53. The van der Waals surface area contributed by atoms with Crippen molar-refractivity contribution in [1.82, 2.24) is 10.3 Å². The fourth-order valence-corrected chi connectivity index (χ4v) is 1.14. The molecule has 0 saturated heterocycles. The van der Waals surface area contributed by atoms with Crippen molar-refractivity contribution in [3.05, 3.63) is 30.1 Å². The van der Waals surface area contributed by atoms with E-state index in [1.165, 1.54) is 0 Å². The molecule has 0 aromatic carbocycles. The van der Waals surface area contributed by atoms with Crippen molar-refractivity contribution < 1.29 is 4.79 Å². The second-order valence-electron chi connectivity index (χ2n) is 4.10. The van der Waals surface area contributed by atoms with Crippen LogP contribution in [0.3, 0.4) is 0 Å². The molecule has 1 N–H and O–H groups in total. The molecule has 16 heavy (non-hydrogen) atoms. The van der Waals surface area contributed by atoms with Crippen LogP contribution in [0.25, 0.3) is 0 Å². The molecule has 0 fully saturated rings. The summed E-state index contributed by atoms with van der Waals surface area (Å²) in [7, 11) is 0. The Labute approximate surface area is 95.3 Å². The van der Waals surface area contributed by atoms with E-state index in [0.717, 1.165) is 12.0 Å². The normalized spacial score (nSPS) is 10.6. The van der Waals surface area contributed by atoms with Gasteiger partial charge in [-0.05, 0) is 31.9 Å². The number of pyridine rings is 1. The van der Waals surface area contributed by atoms with E-state index in [0.29, 0.717) is 6.54 Å². The summed E-state index contributed by atoms with van der Waals surface area (Å²) in [6.45, 7) is 3.73. The van der Waals surface area contributed by atoms with E-state index in [1.807, 2.05) is 18.2 Å². The number of hydrogen-bond acceptors (Lipinski definition) is 3. The Hall–Kier alpha value is -1.89. The van der Waals surface area contributed by atoms with Crippen LogP contribution in [-0.4, -0.2) is 17.4 Å². The molecule has 0 saturated carbocycles. The van der Waals surface area contributed by atoms with Gasteiger partial charge in [-0.2, -0.15) is 5.26 Å². The number of nitrogens with one attached hydrogen (secondary N) is 1. The molecule has 1 amide bonds. The van der Waals surface area contributed by atoms with Gasteiger partial charge in [0.05, 0.1) is 6.07 Å². The summed E-state index contributed by atoms with van der Waals surface area (Å²) >= 11 is 0. The summed E-state index contributed by atoms with van der Waals surface area (Å²) in [6, 6.07) is 5.78. The first-order valence-corrected chi connectivity index (χ1v) is 5.15. The van der Waals surface area contributed by atoms with Crippen molar-refractivity contribution in [2.75, 3.05) is 6.54 Å². The minimum Gasteiger partial charge on any atom is -0.354 e. The van der Waals surface area contributed by atoms with Gasteiger partial charge >= 0.3 is 0 Å². The largest absolute Gasteiger partial charge is 0.354 e. The van der Waals surface area contributed by atoms with Crippen molar-refractivity contribution in [3.63, 3.8) is 0 Å². The van der Waals surface area contributed by atoms with Crippen molar-refractivity contribution in [2.24, 2.45) is 5.41 Å². The smallest absolute Gasteiger partial charge is 0.239 e. The minimum absolute atomic E-state index is 0.237. The fraction of sp³-hybridized carbons (Fsp3) is 0.417. The maximum absolute atomic E-state index is 11.5. The van der Waals surface area contributed by atoms with Crippen molar-refractivity contribution in [1.29, 1.82) is 5.26 Å².